The van der Waals surface area contributed by atoms with Crippen molar-refractivity contribution in [3.63, 3.8) is 0 Å². The van der Waals surface area contributed by atoms with Gasteiger partial charge in [-0.25, -0.2) is 0 Å². The minimum Gasteiger partial charge on any atom is -0.465 e. The van der Waals surface area contributed by atoms with Crippen LogP contribution in [0.4, 0.5) is 0 Å². The minimum atomic E-state index is -0.240. The van der Waals surface area contributed by atoms with Crippen molar-refractivity contribution < 1.29 is 9.47 Å². The van der Waals surface area contributed by atoms with Crippen molar-refractivity contribution in [2.45, 2.75) is 20.1 Å². The van der Waals surface area contributed by atoms with Gasteiger partial charge in [0.25, 0.3) is 0 Å². The number of ether oxygens (including phenoxy) is 2. The number of benzene rings is 1. The third-order valence-electron chi connectivity index (χ3n) is 1.97. The Bertz CT molecular complexity index is 318. The van der Waals surface area contributed by atoms with Crippen LogP contribution in [0.25, 0.3) is 5.57 Å². The molecule has 0 radical (unpaired) electrons. The van der Waals surface area contributed by atoms with Gasteiger partial charge in [0.05, 0.1) is 0 Å². The molecule has 0 aromatic heterocycles. The van der Waals surface area contributed by atoms with Gasteiger partial charge in [-0.2, -0.15) is 0 Å². The third kappa shape index (κ3) is 2.60. The topological polar surface area (TPSA) is 18.5 Å². The highest BCUT2D eigenvalue weighted by Crippen LogP contribution is 2.25. The van der Waals surface area contributed by atoms with Crippen LogP contribution in [-0.4, -0.2) is 13.4 Å². The molecule has 76 valence electrons. The molecule has 1 aromatic rings. The van der Waals surface area contributed by atoms with Crippen LogP contribution in [0.1, 0.15) is 19.4 Å². The van der Waals surface area contributed by atoms with E-state index in [1.807, 2.05) is 38.1 Å². The lowest BCUT2D eigenvalue weighted by Crippen LogP contribution is -2.14. The fraction of sp³-hybridized carbons (Fsp3) is 0.333. The Kier molecular flexibility index (Phi) is 3.72. The maximum absolute atomic E-state index is 5.57. The van der Waals surface area contributed by atoms with Crippen molar-refractivity contribution in [3.05, 3.63) is 36.4 Å². The molecule has 0 saturated carbocycles. The van der Waals surface area contributed by atoms with Crippen molar-refractivity contribution in [2.75, 3.05) is 7.11 Å². The Morgan fingerprint density at radius 3 is 2.57 bits per heavy atom. The van der Waals surface area contributed by atoms with Gasteiger partial charge < -0.3 is 9.47 Å². The molecule has 2 nitrogen and oxygen atoms in total. The number of methoxy groups -OCH3 is 1. The van der Waals surface area contributed by atoms with Crippen LogP contribution in [0.15, 0.2) is 30.8 Å². The zero-order valence-corrected chi connectivity index (χ0v) is 8.91. The van der Waals surface area contributed by atoms with Crippen molar-refractivity contribution in [2.24, 2.45) is 0 Å². The summed E-state index contributed by atoms with van der Waals surface area (Å²) >= 11 is 0. The summed E-state index contributed by atoms with van der Waals surface area (Å²) in [6.07, 6.45) is -0.240. The largest absolute Gasteiger partial charge is 0.465 e. The molecule has 2 heteroatoms. The maximum Gasteiger partial charge on any atom is 0.196 e. The van der Waals surface area contributed by atoms with E-state index in [1.54, 1.807) is 7.11 Å². The van der Waals surface area contributed by atoms with E-state index < -0.39 is 0 Å². The predicted molar refractivity (Wildman–Crippen MR) is 58.2 cm³/mol. The summed E-state index contributed by atoms with van der Waals surface area (Å²) in [6.45, 7) is 7.71. The highest BCUT2D eigenvalue weighted by molar-refractivity contribution is 5.66. The van der Waals surface area contributed by atoms with Crippen molar-refractivity contribution in [1.82, 2.24) is 0 Å². The molecular formula is C12H16O2. The smallest absolute Gasteiger partial charge is 0.196 e. The summed E-state index contributed by atoms with van der Waals surface area (Å²) < 4.78 is 10.6. The molecule has 1 aromatic carbocycles. The summed E-state index contributed by atoms with van der Waals surface area (Å²) in [4.78, 5) is 0. The SMILES string of the molecule is C=C(C)c1ccccc1OC(C)OC. The average Bonchev–Trinajstić information content (AvgIpc) is 2.18. The number of allylic oxidation sites excluding steroid dienone is 1. The Balaban J connectivity index is 2.90. The molecule has 0 amide bonds. The Morgan fingerprint density at radius 2 is 2.00 bits per heavy atom. The van der Waals surface area contributed by atoms with Crippen LogP contribution in [0.3, 0.4) is 0 Å². The number of hydrogen-bond acceptors (Lipinski definition) is 2. The lowest BCUT2D eigenvalue weighted by Gasteiger charge is -2.15. The van der Waals surface area contributed by atoms with E-state index in [1.165, 1.54) is 0 Å². The number of para-hydroxylation sites is 1. The van der Waals surface area contributed by atoms with Gasteiger partial charge in [-0.15, -0.1) is 0 Å². The van der Waals surface area contributed by atoms with Crippen LogP contribution in [0.2, 0.25) is 0 Å². The second-order valence-corrected chi connectivity index (χ2v) is 3.20. The molecule has 0 aliphatic heterocycles. The van der Waals surface area contributed by atoms with E-state index in [0.717, 1.165) is 16.9 Å². The zero-order chi connectivity index (χ0) is 10.6. The van der Waals surface area contributed by atoms with Crippen LogP contribution >= 0.6 is 0 Å². The summed E-state index contributed by atoms with van der Waals surface area (Å²) in [5, 5.41) is 0. The van der Waals surface area contributed by atoms with Crippen molar-refractivity contribution in [1.29, 1.82) is 0 Å². The Labute approximate surface area is 85.2 Å². The molecule has 0 heterocycles. The summed E-state index contributed by atoms with van der Waals surface area (Å²) in [5.74, 6) is 0.814. The molecule has 1 rings (SSSR count). The van der Waals surface area contributed by atoms with Gasteiger partial charge in [0.2, 0.25) is 0 Å². The lowest BCUT2D eigenvalue weighted by molar-refractivity contribution is -0.0384. The van der Waals surface area contributed by atoms with Gasteiger partial charge in [0.15, 0.2) is 6.29 Å². The quantitative estimate of drug-likeness (QED) is 0.682. The van der Waals surface area contributed by atoms with Crippen molar-refractivity contribution >= 4 is 5.57 Å². The first kappa shape index (κ1) is 10.8. The molecule has 0 fully saturated rings. The van der Waals surface area contributed by atoms with Crippen molar-refractivity contribution in [3.8, 4) is 5.75 Å². The third-order valence-corrected chi connectivity index (χ3v) is 1.97. The highest BCUT2D eigenvalue weighted by atomic mass is 16.7. The van der Waals surface area contributed by atoms with E-state index in [0.29, 0.717) is 0 Å². The fourth-order valence-corrected chi connectivity index (χ4v) is 1.15. The van der Waals surface area contributed by atoms with Gasteiger partial charge in [0.1, 0.15) is 5.75 Å². The van der Waals surface area contributed by atoms with E-state index in [2.05, 4.69) is 6.58 Å². The molecule has 0 bridgehead atoms. The van der Waals surface area contributed by atoms with Crippen LogP contribution in [0, 0.1) is 0 Å². The van der Waals surface area contributed by atoms with Crippen LogP contribution < -0.4 is 4.74 Å². The van der Waals surface area contributed by atoms with Gasteiger partial charge in [-0.1, -0.05) is 24.8 Å². The molecule has 0 aliphatic rings. The highest BCUT2D eigenvalue weighted by Gasteiger charge is 2.06. The van der Waals surface area contributed by atoms with E-state index >= 15 is 0 Å². The number of hydrogen-bond donors (Lipinski definition) is 0. The molecule has 14 heavy (non-hydrogen) atoms. The van der Waals surface area contributed by atoms with Crippen LogP contribution in [-0.2, 0) is 4.74 Å². The molecule has 0 saturated heterocycles. The van der Waals surface area contributed by atoms with Gasteiger partial charge in [-0.3, -0.25) is 0 Å². The molecule has 1 atom stereocenters. The summed E-state index contributed by atoms with van der Waals surface area (Å²) in [6, 6.07) is 7.80. The Hall–Kier alpha value is -1.28. The molecule has 0 N–H and O–H groups in total. The standard InChI is InChI=1S/C12H16O2/c1-9(2)11-7-5-6-8-12(11)14-10(3)13-4/h5-8,10H,1H2,2-4H3. The Morgan fingerprint density at radius 1 is 1.36 bits per heavy atom. The average molecular weight is 192 g/mol. The second kappa shape index (κ2) is 4.82. The minimum absolute atomic E-state index is 0.240. The monoisotopic (exact) mass is 192 g/mol. The fourth-order valence-electron chi connectivity index (χ4n) is 1.15. The maximum atomic E-state index is 5.57. The molecule has 0 spiro atoms. The van der Waals surface area contributed by atoms with Gasteiger partial charge in [-0.05, 0) is 25.5 Å². The lowest BCUT2D eigenvalue weighted by atomic mass is 10.1. The van der Waals surface area contributed by atoms with E-state index in [-0.39, 0.29) is 6.29 Å². The van der Waals surface area contributed by atoms with Gasteiger partial charge >= 0.3 is 0 Å². The summed E-state index contributed by atoms with van der Waals surface area (Å²) in [7, 11) is 1.62. The second-order valence-electron chi connectivity index (χ2n) is 3.20. The number of rotatable bonds is 4. The van der Waals surface area contributed by atoms with E-state index in [9.17, 15) is 0 Å². The first-order chi connectivity index (χ1) is 6.65. The molecular weight excluding hydrogens is 176 g/mol. The molecule has 1 unspecified atom stereocenters. The first-order valence-electron chi connectivity index (χ1n) is 4.59. The van der Waals surface area contributed by atoms with Gasteiger partial charge in [0, 0.05) is 12.7 Å². The normalized spacial score (nSPS) is 12.2. The van der Waals surface area contributed by atoms with E-state index in [4.69, 9.17) is 9.47 Å². The molecule has 0 aliphatic carbocycles. The predicted octanol–water partition coefficient (Wildman–Crippen LogP) is 3.09. The first-order valence-corrected chi connectivity index (χ1v) is 4.59. The summed E-state index contributed by atoms with van der Waals surface area (Å²) in [5.41, 5.74) is 2.01. The van der Waals surface area contributed by atoms with Crippen LogP contribution in [0.5, 0.6) is 5.75 Å². The zero-order valence-electron chi connectivity index (χ0n) is 8.91.